The molecule has 0 heterocycles. The topological polar surface area (TPSA) is 210 Å². The maximum atomic E-state index is 12.7. The molecule has 8 atom stereocenters. The maximum Gasteiger partial charge on any atom is 0.472 e. The molecule has 296 valence electrons. The van der Waals surface area contributed by atoms with E-state index in [-0.39, 0.29) is 12.8 Å². The number of ether oxygens (including phenoxy) is 2. The Kier molecular flexibility index (Phi) is 26.4. The number of rotatable bonds is 29. The number of allylic oxidation sites excluding steroid dienone is 6. The highest BCUT2D eigenvalue weighted by atomic mass is 31.2. The third-order valence-corrected chi connectivity index (χ3v) is 9.45. The Morgan fingerprint density at radius 3 is 1.71 bits per heavy atom. The molecule has 0 amide bonds. The number of carbonyl (C=O) groups is 2. The number of hydrogen-bond donors (Lipinski definition) is 6. The standard InChI is InChI=1S/C37H65O13P/c1-3-5-7-9-11-13-14-15-16-18-20-22-24-26-31(39)49-29(27-47-30(38)25-23-21-19-17-12-10-8-6-4-2)28-48-51(45,46)50-37-35(43)33(41)32(40)34(42)36(37)44/h15-17,19-20,22,29,32-37,40-44H,3-14,18,21,23-28H2,1-2H3,(H,45,46)/b16-15+,19-17+,22-20+/t29?,32?,33-,34?,35?,36?,37?/m1/s1. The lowest BCUT2D eigenvalue weighted by molar-refractivity contribution is -0.220. The lowest BCUT2D eigenvalue weighted by Crippen LogP contribution is -2.64. The molecular weight excluding hydrogens is 683 g/mol. The Morgan fingerprint density at radius 2 is 1.10 bits per heavy atom. The number of hydrogen-bond acceptors (Lipinski definition) is 12. The Morgan fingerprint density at radius 1 is 0.608 bits per heavy atom. The Bertz CT molecular complexity index is 1050. The van der Waals surface area contributed by atoms with Crippen LogP contribution in [0.1, 0.15) is 129 Å². The van der Waals surface area contributed by atoms with Gasteiger partial charge in [0.2, 0.25) is 0 Å². The second-order valence-corrected chi connectivity index (χ2v) is 14.5. The van der Waals surface area contributed by atoms with Gasteiger partial charge in [0.15, 0.2) is 6.10 Å². The minimum absolute atomic E-state index is 0.0148. The first-order valence-electron chi connectivity index (χ1n) is 18.8. The van der Waals surface area contributed by atoms with Crippen molar-refractivity contribution < 1.29 is 63.1 Å². The van der Waals surface area contributed by atoms with Crippen molar-refractivity contribution in [3.8, 4) is 0 Å². The van der Waals surface area contributed by atoms with E-state index in [9.17, 15) is 44.6 Å². The Hall–Kier alpha value is -1.93. The number of phosphoric acid groups is 1. The van der Waals surface area contributed by atoms with Gasteiger partial charge in [-0.1, -0.05) is 102 Å². The van der Waals surface area contributed by atoms with Gasteiger partial charge >= 0.3 is 19.8 Å². The molecule has 0 spiro atoms. The van der Waals surface area contributed by atoms with Gasteiger partial charge in [-0.2, -0.15) is 0 Å². The molecule has 0 bridgehead atoms. The largest absolute Gasteiger partial charge is 0.472 e. The van der Waals surface area contributed by atoms with Gasteiger partial charge in [-0.05, 0) is 51.4 Å². The summed E-state index contributed by atoms with van der Waals surface area (Å²) in [4.78, 5) is 35.3. The summed E-state index contributed by atoms with van der Waals surface area (Å²) in [6.45, 7) is 3.12. The van der Waals surface area contributed by atoms with Gasteiger partial charge in [-0.15, -0.1) is 0 Å². The molecule has 1 saturated carbocycles. The second kappa shape index (κ2) is 28.6. The van der Waals surface area contributed by atoms with Crippen LogP contribution in [0.2, 0.25) is 0 Å². The fourth-order valence-corrected chi connectivity index (χ4v) is 6.31. The molecule has 1 fully saturated rings. The molecule has 0 radical (unpaired) electrons. The first kappa shape index (κ1) is 47.1. The summed E-state index contributed by atoms with van der Waals surface area (Å²) in [6.07, 6.45) is 15.5. The second-order valence-electron chi connectivity index (χ2n) is 13.1. The van der Waals surface area contributed by atoms with Gasteiger partial charge in [0.1, 0.15) is 43.2 Å². The van der Waals surface area contributed by atoms with E-state index >= 15 is 0 Å². The van der Waals surface area contributed by atoms with Crippen molar-refractivity contribution in [1.29, 1.82) is 0 Å². The molecule has 7 unspecified atom stereocenters. The summed E-state index contributed by atoms with van der Waals surface area (Å²) >= 11 is 0. The van der Waals surface area contributed by atoms with Crippen LogP contribution >= 0.6 is 7.82 Å². The summed E-state index contributed by atoms with van der Waals surface area (Å²) < 4.78 is 33.1. The zero-order valence-electron chi connectivity index (χ0n) is 30.6. The van der Waals surface area contributed by atoms with Crippen LogP contribution in [-0.2, 0) is 32.7 Å². The number of phosphoric ester groups is 1. The van der Waals surface area contributed by atoms with E-state index in [1.807, 2.05) is 18.2 Å². The highest BCUT2D eigenvalue weighted by Crippen LogP contribution is 2.47. The first-order chi connectivity index (χ1) is 24.4. The molecule has 6 N–H and O–H groups in total. The van der Waals surface area contributed by atoms with Gasteiger partial charge in [0, 0.05) is 12.8 Å². The molecule has 13 nitrogen and oxygen atoms in total. The number of esters is 2. The normalized spacial score (nSPS) is 24.3. The van der Waals surface area contributed by atoms with Crippen molar-refractivity contribution in [3.63, 3.8) is 0 Å². The fraction of sp³-hybridized carbons (Fsp3) is 0.784. The van der Waals surface area contributed by atoms with Crippen LogP contribution in [0.4, 0.5) is 0 Å². The molecule has 0 aromatic rings. The molecule has 1 aliphatic rings. The zero-order chi connectivity index (χ0) is 37.9. The SMILES string of the molecule is CCCCCC/C=C/CCCC(=O)OCC(COP(=O)(O)OC1C(O)C(O)C(O)[C@@H](O)C1O)OC(=O)CC/C=C/C/C=C/CCCCCCCC. The molecule has 0 saturated heterocycles. The van der Waals surface area contributed by atoms with Crippen molar-refractivity contribution in [3.05, 3.63) is 36.5 Å². The number of aliphatic hydroxyl groups excluding tert-OH is 5. The molecule has 0 aliphatic heterocycles. The van der Waals surface area contributed by atoms with Crippen molar-refractivity contribution in [1.82, 2.24) is 0 Å². The summed E-state index contributed by atoms with van der Waals surface area (Å²) in [6, 6.07) is 0. The highest BCUT2D eigenvalue weighted by molar-refractivity contribution is 7.47. The smallest absolute Gasteiger partial charge is 0.462 e. The van der Waals surface area contributed by atoms with Crippen LogP contribution in [0, 0.1) is 0 Å². The van der Waals surface area contributed by atoms with E-state index in [4.69, 9.17) is 18.5 Å². The molecule has 0 aromatic heterocycles. The van der Waals surface area contributed by atoms with Crippen LogP contribution < -0.4 is 0 Å². The molecular formula is C37H65O13P. The van der Waals surface area contributed by atoms with Crippen LogP contribution in [0.25, 0.3) is 0 Å². The summed E-state index contributed by atoms with van der Waals surface area (Å²) in [5, 5.41) is 49.8. The third kappa shape index (κ3) is 22.0. The average molecular weight is 749 g/mol. The van der Waals surface area contributed by atoms with Crippen molar-refractivity contribution in [2.24, 2.45) is 0 Å². The van der Waals surface area contributed by atoms with Gasteiger partial charge in [-0.3, -0.25) is 18.6 Å². The molecule has 1 rings (SSSR count). The van der Waals surface area contributed by atoms with E-state index < -0.39 is 75.7 Å². The Balaban J connectivity index is 2.63. The van der Waals surface area contributed by atoms with Crippen molar-refractivity contribution in [2.75, 3.05) is 13.2 Å². The number of carbonyl (C=O) groups excluding carboxylic acids is 2. The average Bonchev–Trinajstić information content (AvgIpc) is 3.10. The number of unbranched alkanes of at least 4 members (excludes halogenated alkanes) is 11. The van der Waals surface area contributed by atoms with Crippen molar-refractivity contribution >= 4 is 19.8 Å². The van der Waals surface area contributed by atoms with Gasteiger partial charge in [-0.25, -0.2) is 4.57 Å². The van der Waals surface area contributed by atoms with Crippen LogP contribution in [0.5, 0.6) is 0 Å². The summed E-state index contributed by atoms with van der Waals surface area (Å²) in [5.41, 5.74) is 0. The molecule has 0 aromatic carbocycles. The van der Waals surface area contributed by atoms with E-state index in [1.165, 1.54) is 57.8 Å². The number of aliphatic hydroxyl groups is 5. The van der Waals surface area contributed by atoms with E-state index in [1.54, 1.807) is 0 Å². The summed E-state index contributed by atoms with van der Waals surface area (Å²) in [5.74, 6) is -1.22. The maximum absolute atomic E-state index is 12.7. The quantitative estimate of drug-likeness (QED) is 0.0242. The van der Waals surface area contributed by atoms with E-state index in [2.05, 4.69) is 32.1 Å². The lowest BCUT2D eigenvalue weighted by Gasteiger charge is -2.41. The van der Waals surface area contributed by atoms with Crippen LogP contribution in [0.15, 0.2) is 36.5 Å². The van der Waals surface area contributed by atoms with Gasteiger partial charge < -0.3 is 39.9 Å². The Labute approximate surface area is 304 Å². The highest BCUT2D eigenvalue weighted by Gasteiger charge is 2.51. The minimum Gasteiger partial charge on any atom is -0.462 e. The first-order valence-corrected chi connectivity index (χ1v) is 20.3. The van der Waals surface area contributed by atoms with Gasteiger partial charge in [0.25, 0.3) is 0 Å². The lowest BCUT2D eigenvalue weighted by atomic mass is 9.85. The monoisotopic (exact) mass is 748 g/mol. The molecule has 14 heteroatoms. The fourth-order valence-electron chi connectivity index (χ4n) is 5.34. The van der Waals surface area contributed by atoms with Crippen LogP contribution in [-0.4, -0.2) is 98.3 Å². The van der Waals surface area contributed by atoms with Crippen LogP contribution in [0.3, 0.4) is 0 Å². The van der Waals surface area contributed by atoms with E-state index in [0.29, 0.717) is 19.3 Å². The van der Waals surface area contributed by atoms with Crippen molar-refractivity contribution in [2.45, 2.75) is 172 Å². The zero-order valence-corrected chi connectivity index (χ0v) is 31.5. The third-order valence-electron chi connectivity index (χ3n) is 8.47. The van der Waals surface area contributed by atoms with E-state index in [0.717, 1.165) is 25.7 Å². The minimum atomic E-state index is -5.12. The predicted octanol–water partition coefficient (Wildman–Crippen LogP) is 5.49. The summed E-state index contributed by atoms with van der Waals surface area (Å²) in [7, 11) is -5.12. The van der Waals surface area contributed by atoms with Gasteiger partial charge in [0.05, 0.1) is 6.61 Å². The molecule has 1 aliphatic carbocycles. The predicted molar refractivity (Wildman–Crippen MR) is 193 cm³/mol. The molecule has 51 heavy (non-hydrogen) atoms.